The first-order valence-corrected chi connectivity index (χ1v) is 6.41. The first-order chi connectivity index (χ1) is 9.19. The number of ether oxygens (including phenoxy) is 1. The van der Waals surface area contributed by atoms with E-state index < -0.39 is 0 Å². The summed E-state index contributed by atoms with van der Waals surface area (Å²) in [5, 5.41) is 6.87. The highest BCUT2D eigenvalue weighted by Gasteiger charge is 2.08. The molecule has 0 atom stereocenters. The molecule has 7 heteroatoms. The van der Waals surface area contributed by atoms with Gasteiger partial charge in [-0.25, -0.2) is 0 Å². The molecule has 0 aliphatic rings. The fourth-order valence-electron chi connectivity index (χ4n) is 1.47. The highest BCUT2D eigenvalue weighted by Crippen LogP contribution is 2.12. The van der Waals surface area contributed by atoms with Crippen LogP contribution in [-0.4, -0.2) is 34.4 Å². The smallest absolute Gasteiger partial charge is 0.257 e. The molecule has 0 unspecified atom stereocenters. The first kappa shape index (κ1) is 13.7. The second kappa shape index (κ2) is 6.44. The summed E-state index contributed by atoms with van der Waals surface area (Å²) in [6.07, 6.45) is 6.48. The highest BCUT2D eigenvalue weighted by atomic mass is 79.9. The number of nitrogens with one attached hydrogen (secondary N) is 1. The Morgan fingerprint density at radius 3 is 3.05 bits per heavy atom. The molecule has 19 heavy (non-hydrogen) atoms. The number of rotatable bonds is 5. The molecule has 0 aromatic carbocycles. The Balaban J connectivity index is 2.00. The molecule has 0 aliphatic carbocycles. The van der Waals surface area contributed by atoms with Crippen LogP contribution in [0, 0.1) is 0 Å². The first-order valence-electron chi connectivity index (χ1n) is 5.62. The van der Waals surface area contributed by atoms with Crippen molar-refractivity contribution >= 4 is 27.5 Å². The maximum Gasteiger partial charge on any atom is 0.257 e. The van der Waals surface area contributed by atoms with Crippen molar-refractivity contribution in [2.45, 2.75) is 6.54 Å². The van der Waals surface area contributed by atoms with E-state index in [0.717, 1.165) is 4.47 Å². The summed E-state index contributed by atoms with van der Waals surface area (Å²) >= 11 is 3.28. The third-order valence-corrected chi connectivity index (χ3v) is 2.82. The standard InChI is InChI=1S/C12H13BrN4O2/c1-19-3-2-17-8-11(7-15-17)16-12(18)9-4-10(13)6-14-5-9/h4-8H,2-3H2,1H3,(H,16,18). The Morgan fingerprint density at radius 1 is 1.47 bits per heavy atom. The number of hydrogen-bond donors (Lipinski definition) is 1. The molecular weight excluding hydrogens is 312 g/mol. The number of aromatic nitrogens is 3. The average molecular weight is 325 g/mol. The lowest BCUT2D eigenvalue weighted by atomic mass is 10.2. The number of halogens is 1. The molecule has 2 aromatic rings. The van der Waals surface area contributed by atoms with Gasteiger partial charge in [-0.05, 0) is 22.0 Å². The van der Waals surface area contributed by atoms with E-state index in [1.165, 1.54) is 6.20 Å². The van der Waals surface area contributed by atoms with Crippen molar-refractivity contribution in [3.05, 3.63) is 40.9 Å². The normalized spacial score (nSPS) is 10.4. The molecule has 0 aliphatic heterocycles. The number of hydrogen-bond acceptors (Lipinski definition) is 4. The van der Waals surface area contributed by atoms with Gasteiger partial charge in [0.25, 0.3) is 5.91 Å². The lowest BCUT2D eigenvalue weighted by Gasteiger charge is -2.02. The van der Waals surface area contributed by atoms with E-state index in [4.69, 9.17) is 4.74 Å². The number of anilines is 1. The van der Waals surface area contributed by atoms with Crippen LogP contribution in [0.5, 0.6) is 0 Å². The number of amides is 1. The van der Waals surface area contributed by atoms with E-state index in [9.17, 15) is 4.79 Å². The van der Waals surface area contributed by atoms with Crippen LogP contribution in [0.25, 0.3) is 0 Å². The van der Waals surface area contributed by atoms with Gasteiger partial charge in [0.15, 0.2) is 0 Å². The predicted molar refractivity (Wildman–Crippen MR) is 74.0 cm³/mol. The molecular formula is C12H13BrN4O2. The van der Waals surface area contributed by atoms with Crippen LogP contribution in [0.3, 0.4) is 0 Å². The van der Waals surface area contributed by atoms with Crippen LogP contribution in [0.2, 0.25) is 0 Å². The molecule has 0 saturated heterocycles. The van der Waals surface area contributed by atoms with Crippen molar-refractivity contribution in [2.24, 2.45) is 0 Å². The maximum atomic E-state index is 12.0. The largest absolute Gasteiger partial charge is 0.383 e. The monoisotopic (exact) mass is 324 g/mol. The van der Waals surface area contributed by atoms with E-state index in [1.807, 2.05) is 0 Å². The summed E-state index contributed by atoms with van der Waals surface area (Å²) < 4.78 is 7.42. The molecule has 1 N–H and O–H groups in total. The number of carbonyl (C=O) groups excluding carboxylic acids is 1. The summed E-state index contributed by atoms with van der Waals surface area (Å²) in [4.78, 5) is 15.9. The summed E-state index contributed by atoms with van der Waals surface area (Å²) in [7, 11) is 1.63. The summed E-state index contributed by atoms with van der Waals surface area (Å²) in [5.41, 5.74) is 1.13. The highest BCUT2D eigenvalue weighted by molar-refractivity contribution is 9.10. The summed E-state index contributed by atoms with van der Waals surface area (Å²) in [6.45, 7) is 1.22. The van der Waals surface area contributed by atoms with Crippen molar-refractivity contribution in [1.82, 2.24) is 14.8 Å². The Kier molecular flexibility index (Phi) is 4.64. The van der Waals surface area contributed by atoms with Crippen LogP contribution in [-0.2, 0) is 11.3 Å². The molecule has 0 saturated carbocycles. The Morgan fingerprint density at radius 2 is 2.32 bits per heavy atom. The van der Waals surface area contributed by atoms with Gasteiger partial charge in [0, 0.05) is 30.2 Å². The van der Waals surface area contributed by atoms with Crippen LogP contribution in [0.15, 0.2) is 35.3 Å². The molecule has 0 spiro atoms. The minimum Gasteiger partial charge on any atom is -0.383 e. The van der Waals surface area contributed by atoms with E-state index >= 15 is 0 Å². The maximum absolute atomic E-state index is 12.0. The Hall–Kier alpha value is -1.73. The third-order valence-electron chi connectivity index (χ3n) is 2.38. The lowest BCUT2D eigenvalue weighted by Crippen LogP contribution is -2.11. The molecule has 0 fully saturated rings. The summed E-state index contributed by atoms with van der Waals surface area (Å²) in [5.74, 6) is -0.222. The SMILES string of the molecule is COCCn1cc(NC(=O)c2cncc(Br)c2)cn1. The minimum atomic E-state index is -0.222. The average Bonchev–Trinajstić information content (AvgIpc) is 2.84. The van der Waals surface area contributed by atoms with Gasteiger partial charge < -0.3 is 10.1 Å². The zero-order valence-corrected chi connectivity index (χ0v) is 11.9. The zero-order valence-electron chi connectivity index (χ0n) is 10.3. The minimum absolute atomic E-state index is 0.222. The zero-order chi connectivity index (χ0) is 13.7. The van der Waals surface area contributed by atoms with Crippen LogP contribution in [0.1, 0.15) is 10.4 Å². The van der Waals surface area contributed by atoms with Crippen molar-refractivity contribution in [3.63, 3.8) is 0 Å². The van der Waals surface area contributed by atoms with Crippen LogP contribution in [0.4, 0.5) is 5.69 Å². The van der Waals surface area contributed by atoms with Crippen molar-refractivity contribution in [1.29, 1.82) is 0 Å². The van der Waals surface area contributed by atoms with Gasteiger partial charge in [-0.3, -0.25) is 14.5 Å². The van der Waals surface area contributed by atoms with Crippen LogP contribution >= 0.6 is 15.9 Å². The second-order valence-corrected chi connectivity index (χ2v) is 4.75. The third kappa shape index (κ3) is 3.87. The van der Waals surface area contributed by atoms with Gasteiger partial charge in [0.05, 0.1) is 30.6 Å². The molecule has 2 aromatic heterocycles. The fraction of sp³-hybridized carbons (Fsp3) is 0.250. The number of nitrogens with zero attached hydrogens (tertiary/aromatic N) is 3. The fourth-order valence-corrected chi connectivity index (χ4v) is 1.84. The molecule has 2 rings (SSSR count). The molecule has 1 amide bonds. The van der Waals surface area contributed by atoms with Crippen LogP contribution < -0.4 is 5.32 Å². The molecule has 100 valence electrons. The van der Waals surface area contributed by atoms with Gasteiger partial charge in [0.1, 0.15) is 0 Å². The molecule has 0 radical (unpaired) electrons. The van der Waals surface area contributed by atoms with E-state index in [1.54, 1.807) is 36.4 Å². The van der Waals surface area contributed by atoms with Crippen molar-refractivity contribution in [3.8, 4) is 0 Å². The quantitative estimate of drug-likeness (QED) is 0.912. The molecule has 0 bridgehead atoms. The van der Waals surface area contributed by atoms with Gasteiger partial charge >= 0.3 is 0 Å². The van der Waals surface area contributed by atoms with Crippen molar-refractivity contribution in [2.75, 3.05) is 19.0 Å². The number of carbonyl (C=O) groups is 1. The van der Waals surface area contributed by atoms with Gasteiger partial charge in [-0.1, -0.05) is 0 Å². The van der Waals surface area contributed by atoms with Gasteiger partial charge in [-0.2, -0.15) is 5.10 Å². The molecule has 6 nitrogen and oxygen atoms in total. The molecule has 2 heterocycles. The lowest BCUT2D eigenvalue weighted by molar-refractivity contribution is 0.102. The van der Waals surface area contributed by atoms with Crippen molar-refractivity contribution < 1.29 is 9.53 Å². The number of methoxy groups -OCH3 is 1. The second-order valence-electron chi connectivity index (χ2n) is 3.83. The number of pyridine rings is 1. The van der Waals surface area contributed by atoms with E-state index in [2.05, 4.69) is 31.3 Å². The van der Waals surface area contributed by atoms with E-state index in [0.29, 0.717) is 24.4 Å². The predicted octanol–water partition coefficient (Wildman–Crippen LogP) is 1.94. The Labute approximate surface area is 118 Å². The van der Waals surface area contributed by atoms with E-state index in [-0.39, 0.29) is 5.91 Å². The topological polar surface area (TPSA) is 69.0 Å². The Bertz CT molecular complexity index is 570. The van der Waals surface area contributed by atoms with Gasteiger partial charge in [0.2, 0.25) is 0 Å². The van der Waals surface area contributed by atoms with Gasteiger partial charge in [-0.15, -0.1) is 0 Å². The summed E-state index contributed by atoms with van der Waals surface area (Å²) in [6, 6.07) is 1.71.